The second kappa shape index (κ2) is 5.17. The number of anilines is 1. The van der Waals surface area contributed by atoms with Crippen molar-refractivity contribution in [2.24, 2.45) is 0 Å². The Morgan fingerprint density at radius 2 is 1.78 bits per heavy atom. The molecular formula is C17H12N2O4. The van der Waals surface area contributed by atoms with Gasteiger partial charge in [-0.1, -0.05) is 24.3 Å². The minimum atomic E-state index is -0.434. The van der Waals surface area contributed by atoms with Crippen LogP contribution in [-0.2, 0) is 9.59 Å². The second-order valence-corrected chi connectivity index (χ2v) is 5.09. The van der Waals surface area contributed by atoms with Gasteiger partial charge >= 0.3 is 0 Å². The number of amides is 2. The fraction of sp³-hybridized carbons (Fsp3) is 0.0588. The number of nitrogens with zero attached hydrogens (tertiary/aromatic N) is 1. The van der Waals surface area contributed by atoms with Crippen molar-refractivity contribution in [1.82, 2.24) is 5.43 Å². The highest BCUT2D eigenvalue weighted by Gasteiger charge is 2.34. The summed E-state index contributed by atoms with van der Waals surface area (Å²) in [5, 5.41) is 1.24. The molecule has 1 N–H and O–H groups in total. The van der Waals surface area contributed by atoms with Gasteiger partial charge in [-0.15, -0.1) is 0 Å². The van der Waals surface area contributed by atoms with Crippen molar-refractivity contribution in [1.29, 1.82) is 0 Å². The summed E-state index contributed by atoms with van der Waals surface area (Å²) in [6.45, 7) is 0.177. The van der Waals surface area contributed by atoms with Crippen LogP contribution in [0.3, 0.4) is 0 Å². The lowest BCUT2D eigenvalue weighted by molar-refractivity contribution is -0.117. The molecule has 1 fully saturated rings. The van der Waals surface area contributed by atoms with E-state index in [4.69, 9.17) is 9.47 Å². The van der Waals surface area contributed by atoms with Crippen LogP contribution in [0.1, 0.15) is 5.56 Å². The molecule has 2 amide bonds. The fourth-order valence-corrected chi connectivity index (χ4v) is 2.49. The average Bonchev–Trinajstić information content (AvgIpc) is 3.15. The van der Waals surface area contributed by atoms with Gasteiger partial charge in [-0.05, 0) is 35.9 Å². The molecule has 0 bridgehead atoms. The molecule has 2 aliphatic rings. The monoisotopic (exact) mass is 308 g/mol. The SMILES string of the molecule is O=C1NN(c2ccccc2)C(=O)/C1=C\c1ccc2c(c1)OCO2. The maximum atomic E-state index is 12.5. The van der Waals surface area contributed by atoms with Gasteiger partial charge in [-0.25, -0.2) is 5.01 Å². The van der Waals surface area contributed by atoms with Crippen LogP contribution >= 0.6 is 0 Å². The van der Waals surface area contributed by atoms with Gasteiger partial charge in [-0.2, -0.15) is 0 Å². The molecule has 1 saturated heterocycles. The predicted molar refractivity (Wildman–Crippen MR) is 82.6 cm³/mol. The van der Waals surface area contributed by atoms with Crippen LogP contribution < -0.4 is 19.9 Å². The van der Waals surface area contributed by atoms with Gasteiger partial charge in [0.2, 0.25) is 6.79 Å². The Bertz CT molecular complexity index is 830. The minimum absolute atomic E-state index is 0.0766. The van der Waals surface area contributed by atoms with Gasteiger partial charge in [0.05, 0.1) is 5.69 Å². The largest absolute Gasteiger partial charge is 0.454 e. The van der Waals surface area contributed by atoms with Gasteiger partial charge < -0.3 is 9.47 Å². The predicted octanol–water partition coefficient (Wildman–Crippen LogP) is 1.88. The van der Waals surface area contributed by atoms with Gasteiger partial charge in [0, 0.05) is 0 Å². The van der Waals surface area contributed by atoms with Crippen LogP contribution in [0.15, 0.2) is 54.1 Å². The molecule has 23 heavy (non-hydrogen) atoms. The first-order chi connectivity index (χ1) is 11.2. The molecule has 0 unspecified atom stereocenters. The molecule has 0 aliphatic carbocycles. The third-order valence-corrected chi connectivity index (χ3v) is 3.61. The molecule has 0 spiro atoms. The standard InChI is InChI=1S/C17H12N2O4/c20-16-13(8-11-6-7-14-15(9-11)23-10-22-14)17(21)19(18-16)12-4-2-1-3-5-12/h1-9H,10H2,(H,18,20)/b13-8-. The maximum Gasteiger partial charge on any atom is 0.282 e. The number of carbonyl (C=O) groups is 2. The quantitative estimate of drug-likeness (QED) is 0.679. The smallest absolute Gasteiger partial charge is 0.282 e. The zero-order valence-electron chi connectivity index (χ0n) is 12.0. The highest BCUT2D eigenvalue weighted by atomic mass is 16.7. The van der Waals surface area contributed by atoms with E-state index in [0.717, 1.165) is 0 Å². The maximum absolute atomic E-state index is 12.5. The van der Waals surface area contributed by atoms with E-state index in [1.807, 2.05) is 6.07 Å². The van der Waals surface area contributed by atoms with Crippen molar-refractivity contribution in [2.75, 3.05) is 11.8 Å². The van der Waals surface area contributed by atoms with Crippen LogP contribution in [0.25, 0.3) is 6.08 Å². The summed E-state index contributed by atoms with van der Waals surface area (Å²) in [6.07, 6.45) is 1.54. The second-order valence-electron chi connectivity index (χ2n) is 5.09. The summed E-state index contributed by atoms with van der Waals surface area (Å²) in [6, 6.07) is 14.2. The van der Waals surface area contributed by atoms with E-state index < -0.39 is 5.91 Å². The van der Waals surface area contributed by atoms with Crippen molar-refractivity contribution in [3.8, 4) is 11.5 Å². The molecule has 6 nitrogen and oxygen atoms in total. The van der Waals surface area contributed by atoms with Crippen LogP contribution in [0.2, 0.25) is 0 Å². The summed E-state index contributed by atoms with van der Waals surface area (Å²) in [7, 11) is 0. The lowest BCUT2D eigenvalue weighted by Gasteiger charge is -2.13. The van der Waals surface area contributed by atoms with E-state index in [1.165, 1.54) is 5.01 Å². The van der Waals surface area contributed by atoms with Crippen molar-refractivity contribution >= 4 is 23.6 Å². The molecule has 114 valence electrons. The molecule has 2 aromatic carbocycles. The first-order valence-corrected chi connectivity index (χ1v) is 7.04. The number of rotatable bonds is 2. The van der Waals surface area contributed by atoms with Crippen LogP contribution in [-0.4, -0.2) is 18.6 Å². The van der Waals surface area contributed by atoms with Gasteiger partial charge in [0.1, 0.15) is 5.57 Å². The highest BCUT2D eigenvalue weighted by molar-refractivity contribution is 6.31. The number of hydrazine groups is 1. The van der Waals surface area contributed by atoms with Crippen molar-refractivity contribution in [2.45, 2.75) is 0 Å². The van der Waals surface area contributed by atoms with Crippen LogP contribution in [0, 0.1) is 0 Å². The zero-order valence-corrected chi connectivity index (χ0v) is 12.0. The normalized spacial score (nSPS) is 17.7. The number of hydrogen-bond donors (Lipinski definition) is 1. The van der Waals surface area contributed by atoms with Crippen LogP contribution in [0.5, 0.6) is 11.5 Å². The van der Waals surface area contributed by atoms with E-state index in [0.29, 0.717) is 22.7 Å². The Balaban J connectivity index is 1.66. The molecule has 2 aliphatic heterocycles. The van der Waals surface area contributed by atoms with E-state index >= 15 is 0 Å². The van der Waals surface area contributed by atoms with Gasteiger partial charge in [0.15, 0.2) is 11.5 Å². The third-order valence-electron chi connectivity index (χ3n) is 3.61. The molecule has 0 aromatic heterocycles. The lowest BCUT2D eigenvalue weighted by Crippen LogP contribution is -2.35. The van der Waals surface area contributed by atoms with Gasteiger partial charge in [0.25, 0.3) is 11.8 Å². The summed E-state index contributed by atoms with van der Waals surface area (Å²) in [5.74, 6) is 0.431. The fourth-order valence-electron chi connectivity index (χ4n) is 2.49. The molecule has 0 radical (unpaired) electrons. The number of nitrogens with one attached hydrogen (secondary N) is 1. The number of para-hydroxylation sites is 1. The molecule has 0 atom stereocenters. The van der Waals surface area contributed by atoms with E-state index in [1.54, 1.807) is 48.5 Å². The summed E-state index contributed by atoms with van der Waals surface area (Å²) >= 11 is 0. The van der Waals surface area contributed by atoms with E-state index in [-0.39, 0.29) is 18.3 Å². The summed E-state index contributed by atoms with van der Waals surface area (Å²) < 4.78 is 10.5. The minimum Gasteiger partial charge on any atom is -0.454 e. The topological polar surface area (TPSA) is 67.9 Å². The van der Waals surface area contributed by atoms with Crippen molar-refractivity contribution in [3.63, 3.8) is 0 Å². The Labute approximate surface area is 131 Å². The number of ether oxygens (including phenoxy) is 2. The highest BCUT2D eigenvalue weighted by Crippen LogP contribution is 2.33. The van der Waals surface area contributed by atoms with Crippen LogP contribution in [0.4, 0.5) is 5.69 Å². The van der Waals surface area contributed by atoms with Crippen molar-refractivity contribution < 1.29 is 19.1 Å². The third kappa shape index (κ3) is 2.30. The molecule has 2 heterocycles. The summed E-state index contributed by atoms with van der Waals surface area (Å²) in [4.78, 5) is 24.6. The van der Waals surface area contributed by atoms with E-state index in [2.05, 4.69) is 5.43 Å². The zero-order chi connectivity index (χ0) is 15.8. The first kappa shape index (κ1) is 13.4. The summed E-state index contributed by atoms with van der Waals surface area (Å²) in [5.41, 5.74) is 3.95. The lowest BCUT2D eigenvalue weighted by atomic mass is 10.1. The molecular weight excluding hydrogens is 296 g/mol. The molecule has 6 heteroatoms. The Morgan fingerprint density at radius 3 is 2.61 bits per heavy atom. The average molecular weight is 308 g/mol. The Hall–Kier alpha value is -3.28. The number of benzene rings is 2. The first-order valence-electron chi connectivity index (χ1n) is 7.04. The number of hydrogen-bond acceptors (Lipinski definition) is 4. The molecule has 4 rings (SSSR count). The number of fused-ring (bicyclic) bond motifs is 1. The molecule has 2 aromatic rings. The van der Waals surface area contributed by atoms with Crippen molar-refractivity contribution in [3.05, 3.63) is 59.7 Å². The van der Waals surface area contributed by atoms with Gasteiger partial charge in [-0.3, -0.25) is 15.0 Å². The number of carbonyl (C=O) groups excluding carboxylic acids is 2. The van der Waals surface area contributed by atoms with E-state index in [9.17, 15) is 9.59 Å². The Morgan fingerprint density at radius 1 is 1.00 bits per heavy atom. The Kier molecular flexibility index (Phi) is 3.01. The molecule has 0 saturated carbocycles.